The first-order valence-corrected chi connectivity index (χ1v) is 4.08. The third-order valence-corrected chi connectivity index (χ3v) is 1.85. The molecular formula is C9H11BO. The quantitative estimate of drug-likeness (QED) is 0.551. The summed E-state index contributed by atoms with van der Waals surface area (Å²) < 4.78 is 5.58. The standard InChI is InChI=1S/C9H11BO/c10-7-1-3-8(4-2-7)11-9-5-6-9/h1-4,9H,5-6,10H2. The van der Waals surface area contributed by atoms with E-state index in [0.29, 0.717) is 6.10 Å². The summed E-state index contributed by atoms with van der Waals surface area (Å²) in [6.45, 7) is 0. The van der Waals surface area contributed by atoms with Crippen molar-refractivity contribution < 1.29 is 4.74 Å². The van der Waals surface area contributed by atoms with Gasteiger partial charge in [0.15, 0.2) is 0 Å². The van der Waals surface area contributed by atoms with Crippen molar-refractivity contribution in [2.45, 2.75) is 18.9 Å². The van der Waals surface area contributed by atoms with E-state index < -0.39 is 0 Å². The summed E-state index contributed by atoms with van der Waals surface area (Å²) >= 11 is 0. The van der Waals surface area contributed by atoms with Crippen molar-refractivity contribution in [3.63, 3.8) is 0 Å². The summed E-state index contributed by atoms with van der Waals surface area (Å²) in [4.78, 5) is 0. The highest BCUT2D eigenvalue weighted by Crippen LogP contribution is 2.25. The van der Waals surface area contributed by atoms with E-state index in [-0.39, 0.29) is 0 Å². The van der Waals surface area contributed by atoms with Crippen molar-refractivity contribution in [3.05, 3.63) is 24.3 Å². The minimum atomic E-state index is 0.512. The van der Waals surface area contributed by atoms with Crippen molar-refractivity contribution in [2.75, 3.05) is 0 Å². The van der Waals surface area contributed by atoms with E-state index in [1.54, 1.807) is 0 Å². The largest absolute Gasteiger partial charge is 0.490 e. The SMILES string of the molecule is Bc1ccc(OC2CC2)cc1. The van der Waals surface area contributed by atoms with Gasteiger partial charge < -0.3 is 4.74 Å². The summed E-state index contributed by atoms with van der Waals surface area (Å²) in [5.41, 5.74) is 1.29. The van der Waals surface area contributed by atoms with Gasteiger partial charge in [-0.1, -0.05) is 17.6 Å². The lowest BCUT2D eigenvalue weighted by molar-refractivity contribution is 0.303. The molecule has 1 aromatic carbocycles. The molecule has 0 unspecified atom stereocenters. The molecule has 0 bridgehead atoms. The van der Waals surface area contributed by atoms with Gasteiger partial charge in [-0.25, -0.2) is 0 Å². The number of hydrogen-bond acceptors (Lipinski definition) is 1. The average Bonchev–Trinajstić information content (AvgIpc) is 2.78. The van der Waals surface area contributed by atoms with E-state index in [9.17, 15) is 0 Å². The van der Waals surface area contributed by atoms with E-state index >= 15 is 0 Å². The summed E-state index contributed by atoms with van der Waals surface area (Å²) in [5.74, 6) is 1.01. The minimum Gasteiger partial charge on any atom is -0.490 e. The molecule has 2 rings (SSSR count). The van der Waals surface area contributed by atoms with Crippen LogP contribution in [0.25, 0.3) is 0 Å². The molecule has 1 aliphatic carbocycles. The van der Waals surface area contributed by atoms with Crippen LogP contribution in [0.3, 0.4) is 0 Å². The number of hydrogen-bond donors (Lipinski definition) is 0. The fourth-order valence-electron chi connectivity index (χ4n) is 0.995. The first-order chi connectivity index (χ1) is 5.34. The third-order valence-electron chi connectivity index (χ3n) is 1.85. The molecule has 1 aromatic rings. The molecule has 0 N–H and O–H groups in total. The minimum absolute atomic E-state index is 0.512. The summed E-state index contributed by atoms with van der Waals surface area (Å²) in [5, 5.41) is 0. The van der Waals surface area contributed by atoms with Crippen LogP contribution in [0.15, 0.2) is 24.3 Å². The maximum absolute atomic E-state index is 5.58. The van der Waals surface area contributed by atoms with Crippen LogP contribution < -0.4 is 10.2 Å². The predicted octanol–water partition coefficient (Wildman–Crippen LogP) is 0.486. The molecule has 0 aliphatic heterocycles. The van der Waals surface area contributed by atoms with Gasteiger partial charge in [0.25, 0.3) is 0 Å². The van der Waals surface area contributed by atoms with Gasteiger partial charge in [0, 0.05) is 0 Å². The van der Waals surface area contributed by atoms with E-state index in [4.69, 9.17) is 4.74 Å². The van der Waals surface area contributed by atoms with Crippen molar-refractivity contribution in [1.29, 1.82) is 0 Å². The Bertz CT molecular complexity index is 238. The topological polar surface area (TPSA) is 9.23 Å². The van der Waals surface area contributed by atoms with Crippen LogP contribution in [0.2, 0.25) is 0 Å². The molecule has 2 heteroatoms. The Hall–Kier alpha value is -0.915. The lowest BCUT2D eigenvalue weighted by Crippen LogP contribution is -2.01. The normalized spacial score (nSPS) is 16.4. The molecule has 0 atom stereocenters. The van der Waals surface area contributed by atoms with Crippen molar-refractivity contribution in [3.8, 4) is 5.75 Å². The first kappa shape index (κ1) is 6.77. The van der Waals surface area contributed by atoms with Gasteiger partial charge in [-0.3, -0.25) is 0 Å². The highest BCUT2D eigenvalue weighted by Gasteiger charge is 2.23. The lowest BCUT2D eigenvalue weighted by Gasteiger charge is -2.02. The molecular weight excluding hydrogens is 135 g/mol. The molecule has 0 spiro atoms. The second-order valence-corrected chi connectivity index (χ2v) is 3.13. The maximum Gasteiger partial charge on any atom is 0.139 e. The molecule has 0 aromatic heterocycles. The van der Waals surface area contributed by atoms with Crippen molar-refractivity contribution in [2.24, 2.45) is 0 Å². The number of ether oxygens (including phenoxy) is 1. The molecule has 0 amide bonds. The number of rotatable bonds is 2. The first-order valence-electron chi connectivity index (χ1n) is 4.08. The molecule has 1 aliphatic rings. The summed E-state index contributed by atoms with van der Waals surface area (Å²) in [6, 6.07) is 8.23. The van der Waals surface area contributed by atoms with Gasteiger partial charge in [-0.05, 0) is 25.0 Å². The van der Waals surface area contributed by atoms with Gasteiger partial charge in [0.05, 0.1) is 6.10 Å². The van der Waals surface area contributed by atoms with E-state index in [1.807, 2.05) is 12.1 Å². The van der Waals surface area contributed by atoms with Crippen LogP contribution in [-0.4, -0.2) is 14.0 Å². The predicted molar refractivity (Wildman–Crippen MR) is 48.3 cm³/mol. The van der Waals surface area contributed by atoms with Crippen LogP contribution in [0.1, 0.15) is 12.8 Å². The Labute approximate surface area is 67.8 Å². The molecule has 56 valence electrons. The van der Waals surface area contributed by atoms with Gasteiger partial charge in [0.2, 0.25) is 0 Å². The molecule has 1 saturated carbocycles. The van der Waals surface area contributed by atoms with Gasteiger partial charge in [-0.15, -0.1) is 0 Å². The molecule has 11 heavy (non-hydrogen) atoms. The Balaban J connectivity index is 2.06. The molecule has 0 heterocycles. The highest BCUT2D eigenvalue weighted by molar-refractivity contribution is 6.32. The number of benzene rings is 1. The summed E-state index contributed by atoms with van der Waals surface area (Å²) in [7, 11) is 2.08. The smallest absolute Gasteiger partial charge is 0.139 e. The molecule has 1 nitrogen and oxygen atoms in total. The second-order valence-electron chi connectivity index (χ2n) is 3.13. The van der Waals surface area contributed by atoms with E-state index in [1.165, 1.54) is 18.3 Å². The Kier molecular flexibility index (Phi) is 1.61. The van der Waals surface area contributed by atoms with Gasteiger partial charge >= 0.3 is 0 Å². The van der Waals surface area contributed by atoms with Crippen molar-refractivity contribution in [1.82, 2.24) is 0 Å². The van der Waals surface area contributed by atoms with Crippen LogP contribution in [0.5, 0.6) is 5.75 Å². The molecule has 0 radical (unpaired) electrons. The zero-order chi connectivity index (χ0) is 7.68. The fraction of sp³-hybridized carbons (Fsp3) is 0.333. The average molecular weight is 146 g/mol. The zero-order valence-electron chi connectivity index (χ0n) is 6.71. The van der Waals surface area contributed by atoms with Crippen LogP contribution in [-0.2, 0) is 0 Å². The van der Waals surface area contributed by atoms with E-state index in [0.717, 1.165) is 5.75 Å². The van der Waals surface area contributed by atoms with E-state index in [2.05, 4.69) is 20.0 Å². The Morgan fingerprint density at radius 2 is 1.82 bits per heavy atom. The van der Waals surface area contributed by atoms with Gasteiger partial charge in [0.1, 0.15) is 13.6 Å². The lowest BCUT2D eigenvalue weighted by atomic mass is 9.97. The second kappa shape index (κ2) is 2.61. The Morgan fingerprint density at radius 3 is 2.36 bits per heavy atom. The molecule has 1 fully saturated rings. The maximum atomic E-state index is 5.58. The van der Waals surface area contributed by atoms with Crippen LogP contribution in [0.4, 0.5) is 0 Å². The monoisotopic (exact) mass is 146 g/mol. The Morgan fingerprint density at radius 1 is 1.18 bits per heavy atom. The van der Waals surface area contributed by atoms with Crippen molar-refractivity contribution >= 4 is 13.3 Å². The van der Waals surface area contributed by atoms with Gasteiger partial charge in [-0.2, -0.15) is 0 Å². The summed E-state index contributed by atoms with van der Waals surface area (Å²) in [6.07, 6.45) is 2.97. The van der Waals surface area contributed by atoms with Crippen LogP contribution in [0, 0.1) is 0 Å². The zero-order valence-corrected chi connectivity index (χ0v) is 6.71. The highest BCUT2D eigenvalue weighted by atomic mass is 16.5. The van der Waals surface area contributed by atoms with Crippen LogP contribution >= 0.6 is 0 Å². The molecule has 0 saturated heterocycles. The third kappa shape index (κ3) is 1.76. The fourth-order valence-corrected chi connectivity index (χ4v) is 0.995.